The number of hydrogen-bond donors (Lipinski definition) is 2. The molecule has 0 saturated heterocycles. The van der Waals surface area contributed by atoms with Crippen molar-refractivity contribution in [3.05, 3.63) is 57.3 Å². The van der Waals surface area contributed by atoms with E-state index in [1.54, 1.807) is 36.7 Å². The molecule has 27 heavy (non-hydrogen) atoms. The Morgan fingerprint density at radius 3 is 2.33 bits per heavy atom. The maximum atomic E-state index is 14.2. The third-order valence-corrected chi connectivity index (χ3v) is 5.14. The second-order valence-electron chi connectivity index (χ2n) is 6.25. The first-order valence-electron chi connectivity index (χ1n) is 8.30. The molecular weight excluding hydrogens is 395 g/mol. The number of guanidine groups is 1. The zero-order valence-electron chi connectivity index (χ0n) is 15.7. The van der Waals surface area contributed by atoms with E-state index in [0.717, 1.165) is 5.69 Å². The van der Waals surface area contributed by atoms with Crippen LogP contribution in [0, 0.1) is 11.6 Å². The van der Waals surface area contributed by atoms with Crippen molar-refractivity contribution in [2.24, 2.45) is 12.0 Å². The molecular formula is C18H23Cl2F2N5. The molecule has 0 spiro atoms. The molecule has 0 fully saturated rings. The number of nitrogens with one attached hydrogen (secondary N) is 2. The van der Waals surface area contributed by atoms with Gasteiger partial charge in [0.2, 0.25) is 0 Å². The number of benzene rings is 1. The van der Waals surface area contributed by atoms with Gasteiger partial charge in [-0.3, -0.25) is 4.99 Å². The number of rotatable bonds is 6. The smallest absolute Gasteiger partial charge is 0.191 e. The summed E-state index contributed by atoms with van der Waals surface area (Å²) in [5.74, 6) is -0.662. The van der Waals surface area contributed by atoms with Gasteiger partial charge in [0.05, 0.1) is 17.6 Å². The summed E-state index contributed by atoms with van der Waals surface area (Å²) >= 11 is 12.1. The molecule has 2 N–H and O–H groups in total. The highest BCUT2D eigenvalue weighted by atomic mass is 35.5. The fourth-order valence-corrected chi connectivity index (χ4v) is 3.13. The molecule has 1 heterocycles. The monoisotopic (exact) mass is 417 g/mol. The molecule has 5 nitrogen and oxygen atoms in total. The van der Waals surface area contributed by atoms with Crippen LogP contribution in [0.25, 0.3) is 0 Å². The van der Waals surface area contributed by atoms with Gasteiger partial charge in [0.1, 0.15) is 16.8 Å². The molecule has 1 atom stereocenters. The van der Waals surface area contributed by atoms with Gasteiger partial charge in [0.15, 0.2) is 5.96 Å². The molecule has 0 radical (unpaired) electrons. The van der Waals surface area contributed by atoms with Gasteiger partial charge in [0, 0.05) is 31.9 Å². The number of halogens is 4. The predicted octanol–water partition coefficient (Wildman–Crippen LogP) is 3.58. The molecule has 0 bridgehead atoms. The van der Waals surface area contributed by atoms with E-state index in [1.165, 1.54) is 18.2 Å². The van der Waals surface area contributed by atoms with Crippen molar-refractivity contribution in [2.45, 2.75) is 12.6 Å². The van der Waals surface area contributed by atoms with Gasteiger partial charge in [0.25, 0.3) is 0 Å². The highest BCUT2D eigenvalue weighted by Crippen LogP contribution is 2.25. The van der Waals surface area contributed by atoms with Gasteiger partial charge in [-0.15, -0.1) is 0 Å². The van der Waals surface area contributed by atoms with Crippen LogP contribution < -0.4 is 10.6 Å². The van der Waals surface area contributed by atoms with Crippen LogP contribution >= 0.6 is 23.2 Å². The Hall–Kier alpha value is -1.83. The molecule has 0 aliphatic heterocycles. The second-order valence-corrected chi connectivity index (χ2v) is 7.02. The Morgan fingerprint density at radius 2 is 1.85 bits per heavy atom. The van der Waals surface area contributed by atoms with E-state index in [4.69, 9.17) is 23.2 Å². The largest absolute Gasteiger partial charge is 0.354 e. The van der Waals surface area contributed by atoms with Crippen LogP contribution in [0.5, 0.6) is 0 Å². The fraction of sp³-hybridized carbons (Fsp3) is 0.389. The topological polar surface area (TPSA) is 44.6 Å². The van der Waals surface area contributed by atoms with Crippen molar-refractivity contribution < 1.29 is 8.78 Å². The van der Waals surface area contributed by atoms with Crippen molar-refractivity contribution in [3.8, 4) is 0 Å². The normalized spacial score (nSPS) is 13.1. The molecule has 9 heteroatoms. The van der Waals surface area contributed by atoms with Crippen LogP contribution in [0.4, 0.5) is 8.78 Å². The minimum atomic E-state index is -0.577. The quantitative estimate of drug-likeness (QED) is 0.557. The Balaban J connectivity index is 2.05. The van der Waals surface area contributed by atoms with Gasteiger partial charge < -0.3 is 20.1 Å². The summed E-state index contributed by atoms with van der Waals surface area (Å²) in [6.45, 7) is 0.697. The first-order chi connectivity index (χ1) is 12.8. The number of aliphatic imine (C=N–C) groups is 1. The summed E-state index contributed by atoms with van der Waals surface area (Å²) < 4.78 is 30.1. The average Bonchev–Trinajstić information content (AvgIpc) is 2.86. The predicted molar refractivity (Wildman–Crippen MR) is 106 cm³/mol. The van der Waals surface area contributed by atoms with E-state index in [2.05, 4.69) is 15.6 Å². The Kier molecular flexibility index (Phi) is 7.47. The van der Waals surface area contributed by atoms with Gasteiger partial charge in [-0.25, -0.2) is 8.78 Å². The SMILES string of the molecule is CN=C(NCc1cc(Cl)c(Cl)n1C)NCC(c1c(F)cccc1F)N(C)C. The molecule has 0 aliphatic rings. The number of nitrogens with zero attached hydrogens (tertiary/aromatic N) is 3. The minimum Gasteiger partial charge on any atom is -0.354 e. The van der Waals surface area contributed by atoms with E-state index < -0.39 is 17.7 Å². The van der Waals surface area contributed by atoms with E-state index in [1.807, 2.05) is 7.05 Å². The highest BCUT2D eigenvalue weighted by Gasteiger charge is 2.22. The van der Waals surface area contributed by atoms with Crippen LogP contribution in [-0.2, 0) is 13.6 Å². The summed E-state index contributed by atoms with van der Waals surface area (Å²) in [6, 6.07) is 5.12. The van der Waals surface area contributed by atoms with E-state index in [-0.39, 0.29) is 12.1 Å². The van der Waals surface area contributed by atoms with Crippen molar-refractivity contribution in [1.29, 1.82) is 0 Å². The summed E-state index contributed by atoms with van der Waals surface area (Å²) in [5, 5.41) is 7.17. The van der Waals surface area contributed by atoms with Crippen LogP contribution in [0.15, 0.2) is 29.3 Å². The first-order valence-corrected chi connectivity index (χ1v) is 9.06. The third-order valence-electron chi connectivity index (χ3n) is 4.30. The summed E-state index contributed by atoms with van der Waals surface area (Å²) in [5.41, 5.74) is 0.892. The van der Waals surface area contributed by atoms with Crippen molar-refractivity contribution >= 4 is 29.2 Å². The molecule has 0 amide bonds. The minimum absolute atomic E-state index is 0.0199. The standard InChI is InChI=1S/C18H23Cl2F2N5/c1-23-18(24-9-11-8-12(19)17(20)27(11)4)25-10-15(26(2)3)16-13(21)6-5-7-14(16)22/h5-8,15H,9-10H2,1-4H3,(H2,23,24,25). The molecule has 0 saturated carbocycles. The Labute approximate surface area is 168 Å². The summed E-state index contributed by atoms with van der Waals surface area (Å²) in [6.07, 6.45) is 0. The van der Waals surface area contributed by atoms with Gasteiger partial charge in [-0.05, 0) is 32.3 Å². The van der Waals surface area contributed by atoms with E-state index in [0.29, 0.717) is 22.7 Å². The first kappa shape index (κ1) is 21.5. The summed E-state index contributed by atoms with van der Waals surface area (Å²) in [4.78, 5) is 5.89. The molecule has 2 aromatic rings. The lowest BCUT2D eigenvalue weighted by Gasteiger charge is -2.26. The Morgan fingerprint density at radius 1 is 1.22 bits per heavy atom. The zero-order valence-corrected chi connectivity index (χ0v) is 17.2. The molecule has 1 unspecified atom stereocenters. The van der Waals surface area contributed by atoms with Crippen LogP contribution in [-0.4, -0.2) is 43.1 Å². The number of aromatic nitrogens is 1. The lowest BCUT2D eigenvalue weighted by atomic mass is 10.0. The second kappa shape index (κ2) is 9.39. The number of hydrogen-bond acceptors (Lipinski definition) is 2. The van der Waals surface area contributed by atoms with Crippen LogP contribution in [0.2, 0.25) is 10.2 Å². The van der Waals surface area contributed by atoms with Crippen molar-refractivity contribution in [3.63, 3.8) is 0 Å². The van der Waals surface area contributed by atoms with E-state index in [9.17, 15) is 8.78 Å². The van der Waals surface area contributed by atoms with Crippen molar-refractivity contribution in [2.75, 3.05) is 27.7 Å². The van der Waals surface area contributed by atoms with Gasteiger partial charge in [-0.2, -0.15) is 0 Å². The van der Waals surface area contributed by atoms with Crippen LogP contribution in [0.1, 0.15) is 17.3 Å². The molecule has 1 aromatic heterocycles. The molecule has 1 aromatic carbocycles. The maximum absolute atomic E-state index is 14.2. The van der Waals surface area contributed by atoms with E-state index >= 15 is 0 Å². The fourth-order valence-electron chi connectivity index (χ4n) is 2.72. The van der Waals surface area contributed by atoms with Gasteiger partial charge in [-0.1, -0.05) is 29.3 Å². The Bertz CT molecular complexity index is 800. The average molecular weight is 418 g/mol. The molecule has 2 rings (SSSR count). The number of likely N-dealkylation sites (N-methyl/N-ethyl adjacent to an activating group) is 1. The van der Waals surface area contributed by atoms with Crippen LogP contribution in [0.3, 0.4) is 0 Å². The lowest BCUT2D eigenvalue weighted by molar-refractivity contribution is 0.282. The highest BCUT2D eigenvalue weighted by molar-refractivity contribution is 6.41. The summed E-state index contributed by atoms with van der Waals surface area (Å²) in [7, 11) is 6.96. The lowest BCUT2D eigenvalue weighted by Crippen LogP contribution is -2.42. The molecule has 0 aliphatic carbocycles. The van der Waals surface area contributed by atoms with Gasteiger partial charge >= 0.3 is 0 Å². The zero-order chi connectivity index (χ0) is 20.1. The maximum Gasteiger partial charge on any atom is 0.191 e. The van der Waals surface area contributed by atoms with Crippen molar-refractivity contribution in [1.82, 2.24) is 20.1 Å². The third kappa shape index (κ3) is 5.12. The molecule has 148 valence electrons.